The second kappa shape index (κ2) is 7.14. The van der Waals surface area contributed by atoms with Gasteiger partial charge >= 0.3 is 0 Å². The van der Waals surface area contributed by atoms with Crippen LogP contribution in [-0.2, 0) is 5.75 Å². The van der Waals surface area contributed by atoms with Gasteiger partial charge in [-0.15, -0.1) is 23.1 Å². The van der Waals surface area contributed by atoms with Gasteiger partial charge in [0.05, 0.1) is 16.1 Å². The molecular weight excluding hydrogens is 351 g/mol. The van der Waals surface area contributed by atoms with Crippen LogP contribution in [0.2, 0.25) is 5.02 Å². The number of thiophene rings is 1. The first-order chi connectivity index (χ1) is 11.2. The molecule has 6 heteroatoms. The Kier molecular flexibility index (Phi) is 4.97. The highest BCUT2D eigenvalue weighted by molar-refractivity contribution is 7.98. The lowest BCUT2D eigenvalue weighted by atomic mass is 10.2. The van der Waals surface area contributed by atoms with Crippen LogP contribution < -0.4 is 0 Å². The third kappa shape index (κ3) is 3.56. The minimum Gasteiger partial charge on any atom is -0.239 e. The van der Waals surface area contributed by atoms with E-state index >= 15 is 0 Å². The van der Waals surface area contributed by atoms with Crippen molar-refractivity contribution < 1.29 is 4.39 Å². The van der Waals surface area contributed by atoms with E-state index in [9.17, 15) is 9.65 Å². The molecule has 114 valence electrons. The van der Waals surface area contributed by atoms with E-state index in [4.69, 9.17) is 11.6 Å². The van der Waals surface area contributed by atoms with Crippen molar-refractivity contribution in [2.75, 3.05) is 0 Å². The first kappa shape index (κ1) is 16.0. The average molecular weight is 361 g/mol. The van der Waals surface area contributed by atoms with Crippen LogP contribution in [0.4, 0.5) is 4.39 Å². The standard InChI is InChI=1S/C17H10ClFN2S2/c18-13-3-1-4-14(19)12(13)10-23-17-11(9-20)6-7-15(21-17)16-5-2-8-22-16/h1-8H,10H2. The van der Waals surface area contributed by atoms with Crippen molar-refractivity contribution in [3.8, 4) is 16.6 Å². The highest BCUT2D eigenvalue weighted by Crippen LogP contribution is 2.31. The maximum atomic E-state index is 13.9. The predicted octanol–water partition coefficient (Wildman–Crippen LogP) is 5.77. The molecule has 3 aromatic rings. The van der Waals surface area contributed by atoms with E-state index in [2.05, 4.69) is 11.1 Å². The van der Waals surface area contributed by atoms with Gasteiger partial charge in [-0.05, 0) is 35.7 Å². The number of thioether (sulfide) groups is 1. The number of aromatic nitrogens is 1. The minimum absolute atomic E-state index is 0.321. The molecule has 3 rings (SSSR count). The van der Waals surface area contributed by atoms with Crippen LogP contribution >= 0.6 is 34.7 Å². The van der Waals surface area contributed by atoms with Crippen LogP contribution in [0.5, 0.6) is 0 Å². The third-order valence-corrected chi connectivity index (χ3v) is 5.43. The smallest absolute Gasteiger partial charge is 0.128 e. The molecule has 0 bridgehead atoms. The van der Waals surface area contributed by atoms with Gasteiger partial charge in [-0.25, -0.2) is 9.37 Å². The van der Waals surface area contributed by atoms with E-state index in [-0.39, 0.29) is 5.82 Å². The van der Waals surface area contributed by atoms with E-state index in [1.165, 1.54) is 17.8 Å². The molecular formula is C17H10ClFN2S2. The van der Waals surface area contributed by atoms with Gasteiger partial charge in [0.1, 0.15) is 16.9 Å². The summed E-state index contributed by atoms with van der Waals surface area (Å²) in [7, 11) is 0. The Morgan fingerprint density at radius 2 is 2.09 bits per heavy atom. The molecule has 2 nitrogen and oxygen atoms in total. The Hall–Kier alpha value is -1.87. The van der Waals surface area contributed by atoms with E-state index in [0.29, 0.717) is 26.9 Å². The Morgan fingerprint density at radius 1 is 1.22 bits per heavy atom. The number of halogens is 2. The van der Waals surface area contributed by atoms with Crippen LogP contribution in [0.25, 0.3) is 10.6 Å². The number of hydrogen-bond acceptors (Lipinski definition) is 4. The first-order valence-corrected chi connectivity index (χ1v) is 8.94. The summed E-state index contributed by atoms with van der Waals surface area (Å²) < 4.78 is 13.9. The zero-order chi connectivity index (χ0) is 16.2. The number of nitriles is 1. The van der Waals surface area contributed by atoms with E-state index in [1.807, 2.05) is 23.6 Å². The molecule has 0 N–H and O–H groups in total. The summed E-state index contributed by atoms with van der Waals surface area (Å²) in [5.74, 6) is -0.0286. The summed E-state index contributed by atoms with van der Waals surface area (Å²) in [4.78, 5) is 5.57. The molecule has 0 saturated heterocycles. The van der Waals surface area contributed by atoms with Crippen molar-refractivity contribution in [3.05, 3.63) is 69.8 Å². The summed E-state index contributed by atoms with van der Waals surface area (Å²) in [6.07, 6.45) is 0. The molecule has 23 heavy (non-hydrogen) atoms. The van der Waals surface area contributed by atoms with Crippen LogP contribution in [-0.4, -0.2) is 4.98 Å². The van der Waals surface area contributed by atoms with Gasteiger partial charge in [-0.1, -0.05) is 23.7 Å². The molecule has 0 spiro atoms. The maximum absolute atomic E-state index is 13.9. The molecule has 0 amide bonds. The Morgan fingerprint density at radius 3 is 2.78 bits per heavy atom. The summed E-state index contributed by atoms with van der Waals surface area (Å²) in [5, 5.41) is 12.2. The molecule has 0 aliphatic carbocycles. The number of rotatable bonds is 4. The average Bonchev–Trinajstić information content (AvgIpc) is 3.08. The molecule has 0 aliphatic heterocycles. The number of pyridine rings is 1. The summed E-state index contributed by atoms with van der Waals surface area (Å²) in [6.45, 7) is 0. The number of nitrogens with zero attached hydrogens (tertiary/aromatic N) is 2. The normalized spacial score (nSPS) is 10.5. The highest BCUT2D eigenvalue weighted by Gasteiger charge is 2.12. The second-order valence-electron chi connectivity index (χ2n) is 4.63. The fraction of sp³-hybridized carbons (Fsp3) is 0.0588. The van der Waals surface area contributed by atoms with Crippen molar-refractivity contribution in [1.82, 2.24) is 4.98 Å². The summed E-state index contributed by atoms with van der Waals surface area (Å²) in [5.41, 5.74) is 1.70. The van der Waals surface area contributed by atoms with E-state index in [1.54, 1.807) is 29.5 Å². The lowest BCUT2D eigenvalue weighted by Crippen LogP contribution is -1.93. The molecule has 0 fully saturated rings. The molecule has 2 aromatic heterocycles. The van der Waals surface area contributed by atoms with Crippen molar-refractivity contribution >= 4 is 34.7 Å². The summed E-state index contributed by atoms with van der Waals surface area (Å²) in [6, 6.07) is 14.2. The van der Waals surface area contributed by atoms with E-state index < -0.39 is 0 Å². The van der Waals surface area contributed by atoms with Crippen molar-refractivity contribution in [2.45, 2.75) is 10.8 Å². The quantitative estimate of drug-likeness (QED) is 0.554. The fourth-order valence-electron chi connectivity index (χ4n) is 2.01. The topological polar surface area (TPSA) is 36.7 Å². The van der Waals surface area contributed by atoms with Gasteiger partial charge in [-0.2, -0.15) is 5.26 Å². The van der Waals surface area contributed by atoms with E-state index in [0.717, 1.165) is 10.6 Å². The van der Waals surface area contributed by atoms with Gasteiger partial charge in [0, 0.05) is 16.3 Å². The zero-order valence-corrected chi connectivity index (χ0v) is 14.2. The van der Waals surface area contributed by atoms with Crippen molar-refractivity contribution in [2.24, 2.45) is 0 Å². The van der Waals surface area contributed by atoms with Crippen molar-refractivity contribution in [3.63, 3.8) is 0 Å². The summed E-state index contributed by atoms with van der Waals surface area (Å²) >= 11 is 8.94. The Balaban J connectivity index is 1.90. The van der Waals surface area contributed by atoms with Gasteiger partial charge in [-0.3, -0.25) is 0 Å². The highest BCUT2D eigenvalue weighted by atomic mass is 35.5. The van der Waals surface area contributed by atoms with Crippen molar-refractivity contribution in [1.29, 1.82) is 5.26 Å². The van der Waals surface area contributed by atoms with Crippen LogP contribution in [0.1, 0.15) is 11.1 Å². The van der Waals surface area contributed by atoms with Gasteiger partial charge in [0.15, 0.2) is 0 Å². The largest absolute Gasteiger partial charge is 0.239 e. The molecule has 0 saturated carbocycles. The zero-order valence-electron chi connectivity index (χ0n) is 11.8. The number of benzene rings is 1. The fourth-order valence-corrected chi connectivity index (χ4v) is 4.02. The molecule has 0 aliphatic rings. The minimum atomic E-state index is -0.349. The van der Waals surface area contributed by atoms with Crippen LogP contribution in [0.15, 0.2) is 52.9 Å². The second-order valence-corrected chi connectivity index (χ2v) is 6.95. The molecule has 0 radical (unpaired) electrons. The maximum Gasteiger partial charge on any atom is 0.128 e. The Bertz CT molecular complexity index is 853. The van der Waals surface area contributed by atoms with Gasteiger partial charge in [0.25, 0.3) is 0 Å². The molecule has 0 atom stereocenters. The van der Waals surface area contributed by atoms with Gasteiger partial charge in [0.2, 0.25) is 0 Å². The van der Waals surface area contributed by atoms with Crippen LogP contribution in [0.3, 0.4) is 0 Å². The van der Waals surface area contributed by atoms with Crippen LogP contribution in [0, 0.1) is 17.1 Å². The van der Waals surface area contributed by atoms with Gasteiger partial charge < -0.3 is 0 Å². The third-order valence-electron chi connectivity index (χ3n) is 3.17. The number of hydrogen-bond donors (Lipinski definition) is 0. The lowest BCUT2D eigenvalue weighted by molar-refractivity contribution is 0.617. The Labute approximate surface area is 146 Å². The molecule has 1 aromatic carbocycles. The lowest BCUT2D eigenvalue weighted by Gasteiger charge is -2.08. The molecule has 0 unspecified atom stereocenters. The SMILES string of the molecule is N#Cc1ccc(-c2cccs2)nc1SCc1c(F)cccc1Cl. The molecule has 2 heterocycles. The predicted molar refractivity (Wildman–Crippen MR) is 93.2 cm³/mol. The monoisotopic (exact) mass is 360 g/mol. The first-order valence-electron chi connectivity index (χ1n) is 6.70.